The van der Waals surface area contributed by atoms with Gasteiger partial charge in [0.2, 0.25) is 0 Å². The molecule has 144 valence electrons. The number of methoxy groups -OCH3 is 1. The first kappa shape index (κ1) is 19.1. The molecule has 0 bridgehead atoms. The number of carbonyl (C=O) groups excluding carboxylic acids is 1. The van der Waals surface area contributed by atoms with E-state index >= 15 is 0 Å². The number of anilines is 1. The number of nitro benzene ring substituents is 1. The zero-order chi connectivity index (χ0) is 20.3. The maximum atomic E-state index is 12.6. The molecule has 1 aromatic heterocycles. The summed E-state index contributed by atoms with van der Waals surface area (Å²) in [6.07, 6.45) is 0. The largest absolute Gasteiger partial charge is 0.496 e. The van der Waals surface area contributed by atoms with Crippen LogP contribution in [0.4, 0.5) is 11.4 Å². The molecule has 0 aliphatic rings. The van der Waals surface area contributed by atoms with Gasteiger partial charge in [0, 0.05) is 22.9 Å². The van der Waals surface area contributed by atoms with Crippen LogP contribution in [0, 0.1) is 17.0 Å². The molecule has 0 saturated heterocycles. The Morgan fingerprint density at radius 3 is 2.68 bits per heavy atom. The number of amides is 1. The smallest absolute Gasteiger partial charge is 0.273 e. The summed E-state index contributed by atoms with van der Waals surface area (Å²) in [4.78, 5) is 23.2. The number of ether oxygens (including phenoxy) is 1. The lowest BCUT2D eigenvalue weighted by Crippen LogP contribution is -2.14. The molecule has 0 unspecified atom stereocenters. The van der Waals surface area contributed by atoms with E-state index in [1.807, 2.05) is 0 Å². The van der Waals surface area contributed by atoms with Crippen LogP contribution in [0.1, 0.15) is 21.7 Å². The van der Waals surface area contributed by atoms with E-state index in [9.17, 15) is 20.0 Å². The molecule has 2 aromatic carbocycles. The minimum atomic E-state index is -0.521. The Hall–Kier alpha value is -3.65. The maximum Gasteiger partial charge on any atom is 0.273 e. The van der Waals surface area contributed by atoms with Crippen LogP contribution in [-0.2, 0) is 6.61 Å². The lowest BCUT2D eigenvalue weighted by Gasteiger charge is -2.11. The summed E-state index contributed by atoms with van der Waals surface area (Å²) in [5.74, 6) is 0.943. The van der Waals surface area contributed by atoms with E-state index in [-0.39, 0.29) is 23.4 Å². The molecule has 1 amide bonds. The van der Waals surface area contributed by atoms with E-state index in [0.717, 1.165) is 0 Å². The van der Waals surface area contributed by atoms with Crippen molar-refractivity contribution >= 4 is 17.3 Å². The highest BCUT2D eigenvalue weighted by atomic mass is 16.6. The fourth-order valence-electron chi connectivity index (χ4n) is 2.85. The summed E-state index contributed by atoms with van der Waals surface area (Å²) >= 11 is 0. The average Bonchev–Trinajstić information content (AvgIpc) is 3.17. The van der Waals surface area contributed by atoms with E-state index in [2.05, 4.69) is 5.32 Å². The molecule has 0 spiro atoms. The third-order valence-corrected chi connectivity index (χ3v) is 4.29. The number of carbonyl (C=O) groups is 1. The zero-order valence-electron chi connectivity index (χ0n) is 15.3. The van der Waals surface area contributed by atoms with Gasteiger partial charge in [0.1, 0.15) is 23.9 Å². The van der Waals surface area contributed by atoms with Gasteiger partial charge in [-0.15, -0.1) is 0 Å². The molecule has 3 aromatic rings. The second kappa shape index (κ2) is 7.93. The fourth-order valence-corrected chi connectivity index (χ4v) is 2.85. The molecule has 0 fully saturated rings. The van der Waals surface area contributed by atoms with Crippen molar-refractivity contribution in [3.05, 3.63) is 75.5 Å². The molecule has 3 rings (SSSR count). The second-order valence-electron chi connectivity index (χ2n) is 6.00. The third kappa shape index (κ3) is 3.72. The van der Waals surface area contributed by atoms with Crippen LogP contribution in [-0.4, -0.2) is 23.0 Å². The summed E-state index contributed by atoms with van der Waals surface area (Å²) in [6, 6.07) is 12.7. The Labute approximate surface area is 160 Å². The Balaban J connectivity index is 1.93. The molecule has 2 N–H and O–H groups in total. The van der Waals surface area contributed by atoms with Crippen LogP contribution >= 0.6 is 0 Å². The first-order valence-corrected chi connectivity index (χ1v) is 8.38. The van der Waals surface area contributed by atoms with Crippen molar-refractivity contribution < 1.29 is 24.0 Å². The molecule has 0 aliphatic heterocycles. The van der Waals surface area contributed by atoms with E-state index < -0.39 is 10.8 Å². The lowest BCUT2D eigenvalue weighted by molar-refractivity contribution is -0.385. The number of furan rings is 1. The lowest BCUT2D eigenvalue weighted by atomic mass is 10.1. The van der Waals surface area contributed by atoms with Crippen LogP contribution in [0.15, 0.2) is 52.9 Å². The van der Waals surface area contributed by atoms with E-state index in [1.165, 1.54) is 32.2 Å². The molecule has 0 radical (unpaired) electrons. The normalized spacial score (nSPS) is 10.5. The van der Waals surface area contributed by atoms with Gasteiger partial charge in [-0.2, -0.15) is 0 Å². The highest BCUT2D eigenvalue weighted by Gasteiger charge is 2.19. The molecule has 8 heteroatoms. The molecule has 0 atom stereocenters. The Bertz CT molecular complexity index is 1040. The van der Waals surface area contributed by atoms with Crippen LogP contribution in [0.2, 0.25) is 0 Å². The van der Waals surface area contributed by atoms with Crippen molar-refractivity contribution in [1.82, 2.24) is 0 Å². The summed E-state index contributed by atoms with van der Waals surface area (Å²) in [5, 5.41) is 23.0. The van der Waals surface area contributed by atoms with Crippen molar-refractivity contribution in [3.8, 4) is 17.1 Å². The number of nitrogens with one attached hydrogen (secondary N) is 1. The van der Waals surface area contributed by atoms with Crippen molar-refractivity contribution in [2.45, 2.75) is 13.5 Å². The second-order valence-corrected chi connectivity index (χ2v) is 6.00. The van der Waals surface area contributed by atoms with Crippen LogP contribution in [0.3, 0.4) is 0 Å². The molecule has 0 saturated carbocycles. The molecular weight excluding hydrogens is 364 g/mol. The SMILES string of the molecule is COc1ccc(NC(=O)c2cccc([N+](=O)[O-])c2C)cc1-c1ccc(CO)o1. The van der Waals surface area contributed by atoms with Gasteiger partial charge in [-0.3, -0.25) is 14.9 Å². The number of nitro groups is 1. The monoisotopic (exact) mass is 382 g/mol. The first-order valence-electron chi connectivity index (χ1n) is 8.38. The van der Waals surface area contributed by atoms with Gasteiger partial charge in [0.05, 0.1) is 17.6 Å². The van der Waals surface area contributed by atoms with Gasteiger partial charge in [-0.05, 0) is 43.3 Å². The highest BCUT2D eigenvalue weighted by Crippen LogP contribution is 2.34. The summed E-state index contributed by atoms with van der Waals surface area (Å²) in [5.41, 5.74) is 1.45. The number of hydrogen-bond donors (Lipinski definition) is 2. The minimum Gasteiger partial charge on any atom is -0.496 e. The van der Waals surface area contributed by atoms with Crippen LogP contribution in [0.5, 0.6) is 5.75 Å². The van der Waals surface area contributed by atoms with E-state index in [0.29, 0.717) is 28.5 Å². The molecular formula is C20H18N2O6. The predicted octanol–water partition coefficient (Wildman–Crippen LogP) is 3.92. The fraction of sp³-hybridized carbons (Fsp3) is 0.150. The summed E-state index contributed by atoms with van der Waals surface area (Å²) < 4.78 is 10.9. The maximum absolute atomic E-state index is 12.6. The standard InChI is InChI=1S/C20H18N2O6/c1-12-15(4-3-5-17(12)22(25)26)20(24)21-13-6-8-18(27-2)16(10-13)19-9-7-14(11-23)28-19/h3-10,23H,11H2,1-2H3,(H,21,24). The van der Waals surface area contributed by atoms with Gasteiger partial charge in [-0.25, -0.2) is 0 Å². The number of rotatable bonds is 6. The van der Waals surface area contributed by atoms with Gasteiger partial charge >= 0.3 is 0 Å². The number of hydrogen-bond acceptors (Lipinski definition) is 6. The van der Waals surface area contributed by atoms with Gasteiger partial charge in [-0.1, -0.05) is 6.07 Å². The Morgan fingerprint density at radius 1 is 1.25 bits per heavy atom. The van der Waals surface area contributed by atoms with E-state index in [1.54, 1.807) is 30.3 Å². The average molecular weight is 382 g/mol. The van der Waals surface area contributed by atoms with Gasteiger partial charge in [0.25, 0.3) is 11.6 Å². The molecule has 1 heterocycles. The Kier molecular flexibility index (Phi) is 5.42. The molecule has 28 heavy (non-hydrogen) atoms. The topological polar surface area (TPSA) is 115 Å². The Morgan fingerprint density at radius 2 is 2.04 bits per heavy atom. The van der Waals surface area contributed by atoms with Crippen molar-refractivity contribution in [1.29, 1.82) is 0 Å². The number of aliphatic hydroxyl groups excluding tert-OH is 1. The van der Waals surface area contributed by atoms with Crippen molar-refractivity contribution in [2.75, 3.05) is 12.4 Å². The number of aliphatic hydroxyl groups is 1. The van der Waals surface area contributed by atoms with Gasteiger partial charge in [0.15, 0.2) is 0 Å². The summed E-state index contributed by atoms with van der Waals surface area (Å²) in [7, 11) is 1.51. The quantitative estimate of drug-likeness (QED) is 0.493. The first-order chi connectivity index (χ1) is 13.4. The van der Waals surface area contributed by atoms with Crippen molar-refractivity contribution in [3.63, 3.8) is 0 Å². The van der Waals surface area contributed by atoms with Crippen LogP contribution < -0.4 is 10.1 Å². The summed E-state index contributed by atoms with van der Waals surface area (Å²) in [6.45, 7) is 1.30. The predicted molar refractivity (Wildman–Crippen MR) is 102 cm³/mol. The highest BCUT2D eigenvalue weighted by molar-refractivity contribution is 6.06. The van der Waals surface area contributed by atoms with Crippen molar-refractivity contribution in [2.24, 2.45) is 0 Å². The van der Waals surface area contributed by atoms with E-state index in [4.69, 9.17) is 9.15 Å². The number of nitrogens with zero attached hydrogens (tertiary/aromatic N) is 1. The van der Waals surface area contributed by atoms with Gasteiger partial charge < -0.3 is 19.6 Å². The number of benzene rings is 2. The zero-order valence-corrected chi connectivity index (χ0v) is 15.3. The third-order valence-electron chi connectivity index (χ3n) is 4.29. The molecule has 8 nitrogen and oxygen atoms in total. The molecule has 0 aliphatic carbocycles. The van der Waals surface area contributed by atoms with Crippen LogP contribution in [0.25, 0.3) is 11.3 Å². The minimum absolute atomic E-state index is 0.116.